The highest BCUT2D eigenvalue weighted by atomic mass is 35.5. The first kappa shape index (κ1) is 34.8. The number of allylic oxidation sites excluding steroid dienone is 4. The molecule has 264 valence electrons. The maximum atomic E-state index is 12.4. The van der Waals surface area contributed by atoms with E-state index in [2.05, 4.69) is 4.74 Å². The van der Waals surface area contributed by atoms with E-state index in [1.807, 2.05) is 24.3 Å². The van der Waals surface area contributed by atoms with Crippen LogP contribution < -0.4 is 9.47 Å². The number of hydrogen-bond donors (Lipinski definition) is 1. The Labute approximate surface area is 291 Å². The first-order valence-electron chi connectivity index (χ1n) is 15.3. The van der Waals surface area contributed by atoms with E-state index in [1.165, 1.54) is 36.4 Å². The second-order valence-corrected chi connectivity index (χ2v) is 12.6. The summed E-state index contributed by atoms with van der Waals surface area (Å²) < 4.78 is 9.31. The molecule has 8 atom stereocenters. The van der Waals surface area contributed by atoms with Crippen LogP contribution in [0.4, 0.5) is 21.0 Å². The van der Waals surface area contributed by atoms with Gasteiger partial charge in [0.25, 0.3) is 35.0 Å². The highest BCUT2D eigenvalue weighted by Gasteiger charge is 2.61. The standard InChI is InChI=1S/C16H12N2O7.C9H9NO3.C7H4ClNO4/c19-14-12-8-1-2-9(7-8)13(12)15(20)17(14)25-16(21)24-11-5-3-10(4-6-11)18(22)23;11-8-6-4-1-2-5(3-4)7(6)9(12)10(8)13;8-7(10)13-6-3-1-5(2-4-6)9(11)12/h1-6,8-9,12-13H,7H2;1-2,4-7,13H,3H2;1-4H. The predicted octanol–water partition coefficient (Wildman–Crippen LogP) is 4.35. The van der Waals surface area contributed by atoms with Crippen molar-refractivity contribution in [1.82, 2.24) is 10.1 Å². The zero-order valence-corrected chi connectivity index (χ0v) is 26.6. The summed E-state index contributed by atoms with van der Waals surface area (Å²) in [6.07, 6.45) is 8.27. The number of nitro benzene ring substituents is 2. The highest BCUT2D eigenvalue weighted by Crippen LogP contribution is 2.53. The fraction of sp³-hybridized carbons (Fsp3) is 0.312. The molecule has 4 fully saturated rings. The van der Waals surface area contributed by atoms with E-state index in [-0.39, 0.29) is 58.4 Å². The van der Waals surface area contributed by atoms with Gasteiger partial charge in [0.2, 0.25) is 0 Å². The van der Waals surface area contributed by atoms with E-state index in [1.54, 1.807) is 0 Å². The van der Waals surface area contributed by atoms with Crippen LogP contribution in [0.3, 0.4) is 0 Å². The molecule has 51 heavy (non-hydrogen) atoms. The molecule has 2 saturated carbocycles. The molecule has 4 aliphatic carbocycles. The monoisotopic (exact) mass is 724 g/mol. The van der Waals surface area contributed by atoms with Crippen LogP contribution in [0.15, 0.2) is 72.8 Å². The molecule has 6 aliphatic rings. The zero-order chi connectivity index (χ0) is 36.7. The lowest BCUT2D eigenvalue weighted by Crippen LogP contribution is -2.36. The number of hydroxylamine groups is 4. The summed E-state index contributed by atoms with van der Waals surface area (Å²) in [7, 11) is 0. The molecule has 18 nitrogen and oxygen atoms in total. The van der Waals surface area contributed by atoms with Crippen LogP contribution in [-0.2, 0) is 24.0 Å². The van der Waals surface area contributed by atoms with Crippen molar-refractivity contribution in [3.8, 4) is 11.5 Å². The van der Waals surface area contributed by atoms with E-state index in [4.69, 9.17) is 26.4 Å². The van der Waals surface area contributed by atoms with E-state index in [0.717, 1.165) is 25.0 Å². The maximum absolute atomic E-state index is 12.4. The van der Waals surface area contributed by atoms with Crippen molar-refractivity contribution in [2.75, 3.05) is 0 Å². The Morgan fingerprint density at radius 2 is 1.00 bits per heavy atom. The average molecular weight is 725 g/mol. The molecule has 0 aromatic heterocycles. The van der Waals surface area contributed by atoms with Crippen LogP contribution in [0.1, 0.15) is 12.8 Å². The summed E-state index contributed by atoms with van der Waals surface area (Å²) in [5, 5.41) is 30.7. The third-order valence-corrected chi connectivity index (χ3v) is 9.61. The van der Waals surface area contributed by atoms with Crippen LogP contribution in [0, 0.1) is 67.6 Å². The average Bonchev–Trinajstić information content (AvgIpc) is 3.96. The van der Waals surface area contributed by atoms with Gasteiger partial charge >= 0.3 is 11.6 Å². The summed E-state index contributed by atoms with van der Waals surface area (Å²) in [6.45, 7) is 0. The molecule has 1 N–H and O–H groups in total. The van der Waals surface area contributed by atoms with Crippen molar-refractivity contribution in [2.45, 2.75) is 12.8 Å². The summed E-state index contributed by atoms with van der Waals surface area (Å²) in [5.74, 6) is -2.84. The number of fused-ring (bicyclic) bond motifs is 10. The SMILES string of the molecule is O=C(Cl)Oc1ccc([N+](=O)[O-])cc1.O=C(Oc1ccc([N+](=O)[O-])cc1)ON1C(=O)C2C3C=CC(C3)C2C1=O.O=C1C2C3C=CC(C3)C2C(=O)N1O. The molecule has 4 amide bonds. The summed E-state index contributed by atoms with van der Waals surface area (Å²) >= 11 is 4.92. The van der Waals surface area contributed by atoms with E-state index in [9.17, 15) is 49.0 Å². The Hall–Kier alpha value is -6.01. The molecular weight excluding hydrogens is 700 g/mol. The third kappa shape index (κ3) is 6.65. The second kappa shape index (κ2) is 13.7. The number of rotatable bonds is 5. The molecule has 2 aliphatic heterocycles. The number of non-ortho nitro benzene ring substituents is 2. The molecule has 8 unspecified atom stereocenters. The highest BCUT2D eigenvalue weighted by molar-refractivity contribution is 6.61. The number of imide groups is 2. The van der Waals surface area contributed by atoms with Gasteiger partial charge in [0.15, 0.2) is 0 Å². The molecule has 8 rings (SSSR count). The van der Waals surface area contributed by atoms with Crippen LogP contribution in [-0.4, -0.2) is 60.4 Å². The first-order chi connectivity index (χ1) is 24.2. The van der Waals surface area contributed by atoms with Crippen LogP contribution in [0.25, 0.3) is 0 Å². The Bertz CT molecular complexity index is 1840. The number of nitro groups is 2. The summed E-state index contributed by atoms with van der Waals surface area (Å²) in [6, 6.07) is 9.75. The Kier molecular flexibility index (Phi) is 9.37. The first-order valence-corrected chi connectivity index (χ1v) is 15.7. The molecule has 2 heterocycles. The minimum atomic E-state index is -1.25. The van der Waals surface area contributed by atoms with Crippen molar-refractivity contribution in [3.63, 3.8) is 0 Å². The molecule has 19 heteroatoms. The summed E-state index contributed by atoms with van der Waals surface area (Å²) in [5.41, 5.74) is -1.22. The normalized spacial score (nSPS) is 28.4. The van der Waals surface area contributed by atoms with Gasteiger partial charge in [-0.3, -0.25) is 49.5 Å². The molecule has 2 saturated heterocycles. The number of ether oxygens (including phenoxy) is 2. The molecular formula is C32H25ClN4O14. The van der Waals surface area contributed by atoms with Gasteiger partial charge in [-0.25, -0.2) is 9.59 Å². The van der Waals surface area contributed by atoms with Crippen molar-refractivity contribution >= 4 is 58.2 Å². The fourth-order valence-electron chi connectivity index (χ4n) is 7.41. The number of nitrogens with zero attached hydrogens (tertiary/aromatic N) is 4. The van der Waals surface area contributed by atoms with Crippen LogP contribution in [0.5, 0.6) is 11.5 Å². The molecule has 0 spiro atoms. The maximum Gasteiger partial charge on any atom is 0.539 e. The number of benzene rings is 2. The minimum absolute atomic E-state index is 0.00312. The van der Waals surface area contributed by atoms with E-state index < -0.39 is 56.9 Å². The van der Waals surface area contributed by atoms with Crippen LogP contribution in [0.2, 0.25) is 0 Å². The van der Waals surface area contributed by atoms with Gasteiger partial charge in [-0.2, -0.15) is 5.06 Å². The molecule has 2 aromatic carbocycles. The van der Waals surface area contributed by atoms with E-state index in [0.29, 0.717) is 10.1 Å². The lowest BCUT2D eigenvalue weighted by atomic mass is 9.85. The van der Waals surface area contributed by atoms with Crippen LogP contribution >= 0.6 is 11.6 Å². The van der Waals surface area contributed by atoms with Gasteiger partial charge in [-0.05, 0) is 60.8 Å². The van der Waals surface area contributed by atoms with Gasteiger partial charge in [-0.1, -0.05) is 29.4 Å². The van der Waals surface area contributed by atoms with Crippen molar-refractivity contribution in [2.24, 2.45) is 47.3 Å². The smallest absolute Gasteiger partial charge is 0.414 e. The Morgan fingerprint density at radius 1 is 0.647 bits per heavy atom. The van der Waals surface area contributed by atoms with Gasteiger partial charge in [0, 0.05) is 35.9 Å². The van der Waals surface area contributed by atoms with Gasteiger partial charge < -0.3 is 9.47 Å². The quantitative estimate of drug-likeness (QED) is 0.0659. The van der Waals surface area contributed by atoms with Gasteiger partial charge in [-0.15, -0.1) is 0 Å². The third-order valence-electron chi connectivity index (χ3n) is 9.54. The predicted molar refractivity (Wildman–Crippen MR) is 166 cm³/mol. The minimum Gasteiger partial charge on any atom is -0.414 e. The van der Waals surface area contributed by atoms with Crippen molar-refractivity contribution < 1.29 is 58.1 Å². The number of halogens is 1. The topological polar surface area (TPSA) is 243 Å². The summed E-state index contributed by atoms with van der Waals surface area (Å²) in [4.78, 5) is 94.0. The van der Waals surface area contributed by atoms with Gasteiger partial charge in [0.1, 0.15) is 11.5 Å². The number of hydrogen-bond acceptors (Lipinski definition) is 14. The Balaban J connectivity index is 0.000000145. The second-order valence-electron chi connectivity index (χ2n) is 12.2. The van der Waals surface area contributed by atoms with Crippen molar-refractivity contribution in [1.29, 1.82) is 0 Å². The lowest BCUT2D eigenvalue weighted by molar-refractivity contribution is -0.385. The largest absolute Gasteiger partial charge is 0.539 e. The zero-order valence-electron chi connectivity index (χ0n) is 25.9. The van der Waals surface area contributed by atoms with Crippen molar-refractivity contribution in [3.05, 3.63) is 93.1 Å². The lowest BCUT2D eigenvalue weighted by Gasteiger charge is -2.15. The van der Waals surface area contributed by atoms with E-state index >= 15 is 0 Å². The molecule has 4 bridgehead atoms. The molecule has 2 aromatic rings. The fourth-order valence-corrected chi connectivity index (χ4v) is 7.49. The Morgan fingerprint density at radius 3 is 1.35 bits per heavy atom. The number of amides is 4. The number of carbonyl (C=O) groups is 6. The van der Waals surface area contributed by atoms with Gasteiger partial charge in [0.05, 0.1) is 33.5 Å². The molecule has 0 radical (unpaired) electrons. The number of carbonyl (C=O) groups excluding carboxylic acids is 6.